The fourth-order valence-corrected chi connectivity index (χ4v) is 4.19. The molecule has 0 spiro atoms. The van der Waals surface area contributed by atoms with E-state index in [9.17, 15) is 5.11 Å². The summed E-state index contributed by atoms with van der Waals surface area (Å²) in [4.78, 5) is 6.89. The van der Waals surface area contributed by atoms with Crippen molar-refractivity contribution in [2.45, 2.75) is 62.2 Å². The molecule has 31 heavy (non-hydrogen) atoms. The lowest BCUT2D eigenvalue weighted by Gasteiger charge is -2.27. The van der Waals surface area contributed by atoms with Gasteiger partial charge in [-0.3, -0.25) is 0 Å². The van der Waals surface area contributed by atoms with E-state index in [1.165, 1.54) is 0 Å². The van der Waals surface area contributed by atoms with Crippen LogP contribution < -0.4 is 5.73 Å². The lowest BCUT2D eigenvalue weighted by molar-refractivity contribution is 0.443. The molecule has 0 unspecified atom stereocenters. The molecule has 0 aliphatic rings. The zero-order chi connectivity index (χ0) is 22.8. The molecular weight excluding hydrogens is 400 g/mol. The van der Waals surface area contributed by atoms with Crippen LogP contribution in [0.4, 0.5) is 5.69 Å². The number of hydrogen-bond donors (Lipinski definition) is 2. The van der Waals surface area contributed by atoms with E-state index in [1.807, 2.05) is 48.5 Å². The van der Waals surface area contributed by atoms with E-state index in [1.54, 1.807) is 11.8 Å². The molecule has 3 nitrogen and oxygen atoms in total. The lowest BCUT2D eigenvalue weighted by Crippen LogP contribution is -2.21. The highest BCUT2D eigenvalue weighted by molar-refractivity contribution is 7.99. The van der Waals surface area contributed by atoms with Gasteiger partial charge in [0.15, 0.2) is 0 Å². The first-order valence-electron chi connectivity index (χ1n) is 10.5. The number of nitrogens with zero attached hydrogens (tertiary/aromatic N) is 1. The van der Waals surface area contributed by atoms with Crippen molar-refractivity contribution in [3.63, 3.8) is 0 Å². The molecule has 0 atom stereocenters. The predicted molar refractivity (Wildman–Crippen MR) is 133 cm³/mol. The highest BCUT2D eigenvalue weighted by Crippen LogP contribution is 2.39. The van der Waals surface area contributed by atoms with Gasteiger partial charge in [0.2, 0.25) is 0 Å². The molecule has 0 fully saturated rings. The fourth-order valence-electron chi connectivity index (χ4n) is 3.28. The highest BCUT2D eigenvalue weighted by Gasteiger charge is 2.26. The second kappa shape index (κ2) is 8.80. The first-order chi connectivity index (χ1) is 14.5. The smallest absolute Gasteiger partial charge is 0.135 e. The lowest BCUT2D eigenvalue weighted by atomic mass is 9.79. The van der Waals surface area contributed by atoms with Gasteiger partial charge in [0.05, 0.1) is 11.3 Å². The van der Waals surface area contributed by atoms with E-state index >= 15 is 0 Å². The Balaban J connectivity index is 2.10. The average molecular weight is 433 g/mol. The predicted octanol–water partition coefficient (Wildman–Crippen LogP) is 7.18. The number of nitrogens with two attached hydrogens (primary N) is 1. The third kappa shape index (κ3) is 5.50. The molecule has 3 N–H and O–H groups in total. The summed E-state index contributed by atoms with van der Waals surface area (Å²) in [7, 11) is 0. The Labute approximate surface area is 190 Å². The summed E-state index contributed by atoms with van der Waals surface area (Å²) in [6, 6.07) is 22.2. The van der Waals surface area contributed by atoms with Gasteiger partial charge in [-0.1, -0.05) is 89.7 Å². The normalized spacial score (nSPS) is 12.8. The molecule has 4 heteroatoms. The summed E-state index contributed by atoms with van der Waals surface area (Å²) in [5.41, 5.74) is 9.55. The third-order valence-corrected chi connectivity index (χ3v) is 6.21. The SMILES string of the molecule is CC(C)(C)c1cc(C(N)=Nc2ccccc2Sc2ccccc2)c(O)c(C(C)(C)C)c1. The van der Waals surface area contributed by atoms with Crippen LogP contribution in [-0.4, -0.2) is 10.9 Å². The Morgan fingerprint density at radius 1 is 0.839 bits per heavy atom. The van der Waals surface area contributed by atoms with Crippen LogP contribution in [-0.2, 0) is 10.8 Å². The highest BCUT2D eigenvalue weighted by atomic mass is 32.2. The average Bonchev–Trinajstić information content (AvgIpc) is 2.68. The Morgan fingerprint density at radius 2 is 1.45 bits per heavy atom. The van der Waals surface area contributed by atoms with Crippen LogP contribution >= 0.6 is 11.8 Å². The van der Waals surface area contributed by atoms with E-state index in [2.05, 4.69) is 59.7 Å². The number of amidine groups is 1. The van der Waals surface area contributed by atoms with Crippen LogP contribution in [0.1, 0.15) is 58.2 Å². The number of benzene rings is 3. The first-order valence-corrected chi connectivity index (χ1v) is 11.3. The van der Waals surface area contributed by atoms with Crippen molar-refractivity contribution >= 4 is 23.3 Å². The minimum atomic E-state index is -0.221. The largest absolute Gasteiger partial charge is 0.507 e. The molecular formula is C27H32N2OS. The second-order valence-electron chi connectivity index (χ2n) is 9.80. The van der Waals surface area contributed by atoms with E-state index in [0.717, 1.165) is 26.6 Å². The maximum atomic E-state index is 11.1. The molecule has 0 aliphatic carbocycles. The topological polar surface area (TPSA) is 58.6 Å². The number of para-hydroxylation sites is 1. The van der Waals surface area contributed by atoms with Crippen LogP contribution in [0.3, 0.4) is 0 Å². The summed E-state index contributed by atoms with van der Waals surface area (Å²) in [6.45, 7) is 12.8. The number of phenolic OH excluding ortho intramolecular Hbond substituents is 1. The van der Waals surface area contributed by atoms with E-state index in [4.69, 9.17) is 10.7 Å². The minimum Gasteiger partial charge on any atom is -0.507 e. The molecule has 0 saturated carbocycles. The van der Waals surface area contributed by atoms with Gasteiger partial charge in [-0.2, -0.15) is 0 Å². The third-order valence-electron chi connectivity index (χ3n) is 5.14. The molecule has 3 rings (SSSR count). The van der Waals surface area contributed by atoms with Crippen LogP contribution in [0.25, 0.3) is 0 Å². The molecule has 3 aromatic rings. The number of aromatic hydroxyl groups is 1. The number of rotatable bonds is 4. The van der Waals surface area contributed by atoms with Crippen molar-refractivity contribution in [1.82, 2.24) is 0 Å². The molecule has 0 amide bonds. The Kier molecular flexibility index (Phi) is 6.51. The zero-order valence-corrected chi connectivity index (χ0v) is 20.0. The van der Waals surface area contributed by atoms with Crippen LogP contribution in [0.2, 0.25) is 0 Å². The van der Waals surface area contributed by atoms with Gasteiger partial charge < -0.3 is 10.8 Å². The number of phenols is 1. The minimum absolute atomic E-state index is 0.0796. The number of hydrogen-bond acceptors (Lipinski definition) is 3. The fraction of sp³-hybridized carbons (Fsp3) is 0.296. The molecule has 0 aromatic heterocycles. The van der Waals surface area contributed by atoms with Gasteiger partial charge in [0.1, 0.15) is 11.6 Å². The summed E-state index contributed by atoms with van der Waals surface area (Å²) >= 11 is 1.65. The monoisotopic (exact) mass is 432 g/mol. The Morgan fingerprint density at radius 3 is 2.06 bits per heavy atom. The Bertz CT molecular complexity index is 1090. The van der Waals surface area contributed by atoms with Crippen LogP contribution in [0, 0.1) is 0 Å². The molecule has 3 aromatic carbocycles. The van der Waals surface area contributed by atoms with Gasteiger partial charge in [-0.05, 0) is 46.7 Å². The quantitative estimate of drug-likeness (QED) is 0.339. The van der Waals surface area contributed by atoms with Crippen molar-refractivity contribution in [1.29, 1.82) is 0 Å². The van der Waals surface area contributed by atoms with E-state index < -0.39 is 0 Å². The van der Waals surface area contributed by atoms with Crippen LogP contribution in [0.15, 0.2) is 81.5 Å². The maximum absolute atomic E-state index is 11.1. The maximum Gasteiger partial charge on any atom is 0.135 e. The van der Waals surface area contributed by atoms with E-state index in [0.29, 0.717) is 11.4 Å². The number of aliphatic imine (C=N–C) groups is 1. The standard InChI is InChI=1S/C27H32N2OS/c1-26(2,3)18-16-20(24(30)21(17-18)27(4,5)6)25(28)29-22-14-10-11-15-23(22)31-19-12-8-7-9-13-19/h7-17,30H,1-6H3,(H2,28,29). The van der Waals surface area contributed by atoms with Crippen molar-refractivity contribution in [3.05, 3.63) is 83.4 Å². The zero-order valence-electron chi connectivity index (χ0n) is 19.2. The second-order valence-corrected chi connectivity index (χ2v) is 10.9. The van der Waals surface area contributed by atoms with Crippen molar-refractivity contribution < 1.29 is 5.11 Å². The van der Waals surface area contributed by atoms with Crippen molar-refractivity contribution in [2.24, 2.45) is 10.7 Å². The van der Waals surface area contributed by atoms with Gasteiger partial charge in [-0.25, -0.2) is 4.99 Å². The summed E-state index contributed by atoms with van der Waals surface area (Å²) in [6.07, 6.45) is 0. The van der Waals surface area contributed by atoms with Gasteiger partial charge in [0.25, 0.3) is 0 Å². The van der Waals surface area contributed by atoms with Crippen molar-refractivity contribution in [2.75, 3.05) is 0 Å². The molecule has 162 valence electrons. The Hall–Kier alpha value is -2.72. The molecule has 0 radical (unpaired) electrons. The summed E-state index contributed by atoms with van der Waals surface area (Å²) in [5, 5.41) is 11.1. The van der Waals surface area contributed by atoms with Gasteiger partial charge in [0, 0.05) is 15.4 Å². The molecule has 0 aliphatic heterocycles. The first kappa shape index (κ1) is 23.0. The molecule has 0 heterocycles. The molecule has 0 bridgehead atoms. The van der Waals surface area contributed by atoms with E-state index in [-0.39, 0.29) is 16.6 Å². The van der Waals surface area contributed by atoms with Gasteiger partial charge in [-0.15, -0.1) is 0 Å². The summed E-state index contributed by atoms with van der Waals surface area (Å²) < 4.78 is 0. The molecule has 0 saturated heterocycles. The summed E-state index contributed by atoms with van der Waals surface area (Å²) in [5.74, 6) is 0.519. The van der Waals surface area contributed by atoms with Crippen molar-refractivity contribution in [3.8, 4) is 5.75 Å². The van der Waals surface area contributed by atoms with Crippen LogP contribution in [0.5, 0.6) is 5.75 Å². The van der Waals surface area contributed by atoms with Gasteiger partial charge >= 0.3 is 0 Å².